The van der Waals surface area contributed by atoms with E-state index in [1.165, 1.54) is 18.4 Å². The molecule has 0 aromatic carbocycles. The average Bonchev–Trinajstić information content (AvgIpc) is 2.06. The van der Waals surface area contributed by atoms with Gasteiger partial charge in [-0.25, -0.2) is 4.79 Å². The van der Waals surface area contributed by atoms with Gasteiger partial charge >= 0.3 is 5.97 Å². The summed E-state index contributed by atoms with van der Waals surface area (Å²) in [7, 11) is 0. The number of cyclic esters (lactones) is 1. The maximum Gasteiger partial charge on any atom is 0.337 e. The summed E-state index contributed by atoms with van der Waals surface area (Å²) in [6.07, 6.45) is 4.72. The van der Waals surface area contributed by atoms with Crippen LogP contribution in [0.5, 0.6) is 0 Å². The van der Waals surface area contributed by atoms with Crippen LogP contribution in [0, 0.1) is 5.92 Å². The van der Waals surface area contributed by atoms with Crippen LogP contribution in [-0.2, 0) is 9.53 Å². The van der Waals surface area contributed by atoms with Gasteiger partial charge in [-0.15, -0.1) is 0 Å². The van der Waals surface area contributed by atoms with E-state index in [1.807, 2.05) is 0 Å². The van der Waals surface area contributed by atoms with Crippen LogP contribution in [0.2, 0.25) is 0 Å². The average molecular weight is 166 g/mol. The molecule has 1 aliphatic heterocycles. The van der Waals surface area contributed by atoms with Crippen molar-refractivity contribution in [2.24, 2.45) is 5.92 Å². The van der Waals surface area contributed by atoms with Crippen LogP contribution >= 0.6 is 0 Å². The SMILES string of the molecule is CC1CCC(=C2COC2=O)CC1. The van der Waals surface area contributed by atoms with Gasteiger partial charge in [-0.05, 0) is 31.6 Å². The Morgan fingerprint density at radius 2 is 2.00 bits per heavy atom. The summed E-state index contributed by atoms with van der Waals surface area (Å²) >= 11 is 0. The Bertz CT molecular complexity index is 230. The summed E-state index contributed by atoms with van der Waals surface area (Å²) < 4.78 is 4.73. The van der Waals surface area contributed by atoms with Gasteiger partial charge in [0.15, 0.2) is 0 Å². The Balaban J connectivity index is 2.05. The molecular formula is C10H14O2. The van der Waals surface area contributed by atoms with E-state index in [-0.39, 0.29) is 5.97 Å². The number of hydrogen-bond acceptors (Lipinski definition) is 2. The summed E-state index contributed by atoms with van der Waals surface area (Å²) in [4.78, 5) is 10.9. The van der Waals surface area contributed by atoms with Gasteiger partial charge in [0.2, 0.25) is 0 Å². The van der Waals surface area contributed by atoms with Crippen LogP contribution in [0.4, 0.5) is 0 Å². The topological polar surface area (TPSA) is 26.3 Å². The smallest absolute Gasteiger partial charge is 0.337 e. The molecule has 0 aromatic rings. The van der Waals surface area contributed by atoms with Crippen molar-refractivity contribution < 1.29 is 9.53 Å². The fourth-order valence-corrected chi connectivity index (χ4v) is 1.86. The standard InChI is InChI=1S/C10H14O2/c1-7-2-4-8(5-3-7)9-6-12-10(9)11/h7H,2-6H2,1H3. The minimum atomic E-state index is -0.0699. The molecule has 0 spiro atoms. The Morgan fingerprint density at radius 3 is 2.42 bits per heavy atom. The molecule has 1 aliphatic carbocycles. The fourth-order valence-electron chi connectivity index (χ4n) is 1.86. The monoisotopic (exact) mass is 166 g/mol. The number of hydrogen-bond donors (Lipinski definition) is 0. The van der Waals surface area contributed by atoms with Gasteiger partial charge in [0, 0.05) is 0 Å². The molecule has 2 nitrogen and oxygen atoms in total. The minimum Gasteiger partial charge on any atom is -0.457 e. The fraction of sp³-hybridized carbons (Fsp3) is 0.700. The number of carbonyl (C=O) groups is 1. The molecule has 66 valence electrons. The van der Waals surface area contributed by atoms with Crippen LogP contribution in [0.15, 0.2) is 11.1 Å². The van der Waals surface area contributed by atoms with E-state index in [2.05, 4.69) is 6.92 Å². The first-order valence-electron chi connectivity index (χ1n) is 4.65. The van der Waals surface area contributed by atoms with Gasteiger partial charge in [0.25, 0.3) is 0 Å². The Hall–Kier alpha value is -0.790. The van der Waals surface area contributed by atoms with Gasteiger partial charge in [-0.3, -0.25) is 0 Å². The number of rotatable bonds is 0. The highest BCUT2D eigenvalue weighted by atomic mass is 16.6. The zero-order chi connectivity index (χ0) is 8.55. The first-order valence-corrected chi connectivity index (χ1v) is 4.65. The highest BCUT2D eigenvalue weighted by molar-refractivity contribution is 5.94. The lowest BCUT2D eigenvalue weighted by molar-refractivity contribution is -0.147. The van der Waals surface area contributed by atoms with E-state index in [1.54, 1.807) is 0 Å². The lowest BCUT2D eigenvalue weighted by Gasteiger charge is -2.26. The number of esters is 1. The first-order chi connectivity index (χ1) is 5.77. The third kappa shape index (κ3) is 1.26. The van der Waals surface area contributed by atoms with E-state index >= 15 is 0 Å². The zero-order valence-electron chi connectivity index (χ0n) is 7.43. The van der Waals surface area contributed by atoms with Gasteiger partial charge in [-0.1, -0.05) is 12.5 Å². The Labute approximate surface area is 72.6 Å². The van der Waals surface area contributed by atoms with Crippen LogP contribution in [-0.4, -0.2) is 12.6 Å². The molecule has 0 aromatic heterocycles. The summed E-state index contributed by atoms with van der Waals surface area (Å²) in [5.74, 6) is 0.769. The molecule has 0 unspecified atom stereocenters. The van der Waals surface area contributed by atoms with Crippen LogP contribution in [0.3, 0.4) is 0 Å². The van der Waals surface area contributed by atoms with Gasteiger partial charge in [0.05, 0.1) is 5.57 Å². The number of carbonyl (C=O) groups excluding carboxylic acids is 1. The first kappa shape index (κ1) is 7.84. The number of allylic oxidation sites excluding steroid dienone is 1. The van der Waals surface area contributed by atoms with E-state index < -0.39 is 0 Å². The molecule has 2 fully saturated rings. The molecule has 2 rings (SSSR count). The third-order valence-electron chi connectivity index (χ3n) is 2.90. The Morgan fingerprint density at radius 1 is 1.33 bits per heavy atom. The van der Waals surface area contributed by atoms with E-state index in [4.69, 9.17) is 4.74 Å². The lowest BCUT2D eigenvalue weighted by atomic mass is 9.84. The van der Waals surface area contributed by atoms with E-state index in [0.29, 0.717) is 6.61 Å². The molecule has 1 saturated heterocycles. The van der Waals surface area contributed by atoms with E-state index in [9.17, 15) is 4.79 Å². The molecule has 2 heteroatoms. The number of ether oxygens (including phenoxy) is 1. The highest BCUT2D eigenvalue weighted by Crippen LogP contribution is 2.32. The van der Waals surface area contributed by atoms with Crippen LogP contribution in [0.25, 0.3) is 0 Å². The molecule has 0 N–H and O–H groups in total. The largest absolute Gasteiger partial charge is 0.457 e. The molecule has 12 heavy (non-hydrogen) atoms. The summed E-state index contributed by atoms with van der Waals surface area (Å²) in [5.41, 5.74) is 2.34. The quantitative estimate of drug-likeness (QED) is 0.406. The minimum absolute atomic E-state index is 0.0699. The molecule has 2 aliphatic rings. The highest BCUT2D eigenvalue weighted by Gasteiger charge is 2.28. The molecular weight excluding hydrogens is 152 g/mol. The van der Waals surface area contributed by atoms with Crippen molar-refractivity contribution >= 4 is 5.97 Å². The predicted molar refractivity (Wildman–Crippen MR) is 45.6 cm³/mol. The lowest BCUT2D eigenvalue weighted by Crippen LogP contribution is -2.27. The van der Waals surface area contributed by atoms with Crippen molar-refractivity contribution in [2.45, 2.75) is 32.6 Å². The van der Waals surface area contributed by atoms with E-state index in [0.717, 1.165) is 24.3 Å². The molecule has 0 amide bonds. The third-order valence-corrected chi connectivity index (χ3v) is 2.90. The second-order valence-electron chi connectivity index (χ2n) is 3.84. The normalized spacial score (nSPS) is 29.8. The van der Waals surface area contributed by atoms with Crippen LogP contribution in [0.1, 0.15) is 32.6 Å². The maximum atomic E-state index is 10.9. The van der Waals surface area contributed by atoms with Crippen molar-refractivity contribution in [2.75, 3.05) is 6.61 Å². The van der Waals surface area contributed by atoms with Gasteiger partial charge < -0.3 is 4.74 Å². The predicted octanol–water partition coefficient (Wildman–Crippen LogP) is 2.05. The molecule has 0 radical (unpaired) electrons. The molecule has 1 saturated carbocycles. The van der Waals surface area contributed by atoms with Gasteiger partial charge in [-0.2, -0.15) is 0 Å². The summed E-state index contributed by atoms with van der Waals surface area (Å²) in [5, 5.41) is 0. The van der Waals surface area contributed by atoms with Crippen molar-refractivity contribution in [1.82, 2.24) is 0 Å². The van der Waals surface area contributed by atoms with Gasteiger partial charge in [0.1, 0.15) is 6.61 Å². The molecule has 0 atom stereocenters. The summed E-state index contributed by atoms with van der Waals surface area (Å²) in [6.45, 7) is 2.85. The maximum absolute atomic E-state index is 10.9. The van der Waals surface area contributed by atoms with Crippen molar-refractivity contribution in [1.29, 1.82) is 0 Å². The molecule has 0 bridgehead atoms. The molecule has 1 heterocycles. The Kier molecular flexibility index (Phi) is 1.91. The van der Waals surface area contributed by atoms with Crippen molar-refractivity contribution in [3.05, 3.63) is 11.1 Å². The second-order valence-corrected chi connectivity index (χ2v) is 3.84. The zero-order valence-corrected chi connectivity index (χ0v) is 7.43. The van der Waals surface area contributed by atoms with Crippen LogP contribution < -0.4 is 0 Å². The second kappa shape index (κ2) is 2.92. The van der Waals surface area contributed by atoms with Crippen molar-refractivity contribution in [3.8, 4) is 0 Å². The van der Waals surface area contributed by atoms with Crippen molar-refractivity contribution in [3.63, 3.8) is 0 Å². The summed E-state index contributed by atoms with van der Waals surface area (Å²) in [6, 6.07) is 0.